The molecule has 1 fully saturated rings. The molecule has 0 bridgehead atoms. The molecule has 3 rings (SSSR count). The van der Waals surface area contributed by atoms with Crippen molar-refractivity contribution in [3.63, 3.8) is 0 Å². The number of hydrogen-bond donors (Lipinski definition) is 1. The maximum Gasteiger partial charge on any atom is 0.134 e. The highest BCUT2D eigenvalue weighted by atomic mass is 15.0. The lowest BCUT2D eigenvalue weighted by molar-refractivity contribution is 0.327. The monoisotopic (exact) mass is 254 g/mol. The van der Waals surface area contributed by atoms with Crippen molar-refractivity contribution in [2.24, 2.45) is 5.92 Å². The molecule has 0 amide bonds. The minimum absolute atomic E-state index is 0.594. The summed E-state index contributed by atoms with van der Waals surface area (Å²) in [5.41, 5.74) is 0. The van der Waals surface area contributed by atoms with Gasteiger partial charge in [-0.1, -0.05) is 50.5 Å². The van der Waals surface area contributed by atoms with E-state index < -0.39 is 0 Å². The van der Waals surface area contributed by atoms with Crippen LogP contribution in [0.3, 0.4) is 0 Å². The Morgan fingerprint density at radius 1 is 1.21 bits per heavy atom. The van der Waals surface area contributed by atoms with Gasteiger partial charge >= 0.3 is 0 Å². The summed E-state index contributed by atoms with van der Waals surface area (Å²) in [7, 11) is 0. The summed E-state index contributed by atoms with van der Waals surface area (Å²) < 4.78 is 0. The van der Waals surface area contributed by atoms with Gasteiger partial charge in [0, 0.05) is 17.6 Å². The van der Waals surface area contributed by atoms with E-state index in [4.69, 9.17) is 0 Å². The molecule has 2 heteroatoms. The van der Waals surface area contributed by atoms with Gasteiger partial charge in [-0.05, 0) is 30.2 Å². The molecule has 2 aromatic rings. The molecule has 2 unspecified atom stereocenters. The number of benzene rings is 1. The first-order valence-electron chi connectivity index (χ1n) is 7.47. The van der Waals surface area contributed by atoms with Crippen molar-refractivity contribution < 1.29 is 0 Å². The number of nitrogens with zero attached hydrogens (tertiary/aromatic N) is 1. The molecule has 1 aromatic carbocycles. The molecular weight excluding hydrogens is 232 g/mol. The molecule has 2 atom stereocenters. The molecule has 1 N–H and O–H groups in total. The van der Waals surface area contributed by atoms with E-state index in [1.54, 1.807) is 0 Å². The number of anilines is 1. The number of rotatable bonds is 3. The Balaban J connectivity index is 1.81. The number of fused-ring (bicyclic) bond motifs is 1. The zero-order valence-corrected chi connectivity index (χ0v) is 11.6. The molecule has 1 heterocycles. The van der Waals surface area contributed by atoms with Gasteiger partial charge in [0.1, 0.15) is 5.82 Å². The highest BCUT2D eigenvalue weighted by molar-refractivity contribution is 5.91. The number of nitrogens with one attached hydrogen (secondary N) is 1. The van der Waals surface area contributed by atoms with Crippen LogP contribution in [0.1, 0.15) is 39.0 Å². The van der Waals surface area contributed by atoms with Crippen LogP contribution in [0, 0.1) is 5.92 Å². The second-order valence-electron chi connectivity index (χ2n) is 5.66. The van der Waals surface area contributed by atoms with Crippen LogP contribution in [0.5, 0.6) is 0 Å². The van der Waals surface area contributed by atoms with Crippen molar-refractivity contribution in [2.45, 2.75) is 45.1 Å². The molecule has 1 aliphatic carbocycles. The van der Waals surface area contributed by atoms with Crippen LogP contribution < -0.4 is 5.32 Å². The molecule has 0 radical (unpaired) electrons. The Hall–Kier alpha value is -1.57. The fraction of sp³-hybridized carbons (Fsp3) is 0.471. The van der Waals surface area contributed by atoms with Crippen LogP contribution in [0.25, 0.3) is 10.8 Å². The van der Waals surface area contributed by atoms with Gasteiger partial charge in [-0.15, -0.1) is 0 Å². The van der Waals surface area contributed by atoms with E-state index in [-0.39, 0.29) is 0 Å². The normalized spacial score (nSPS) is 23.4. The number of hydrogen-bond acceptors (Lipinski definition) is 2. The predicted molar refractivity (Wildman–Crippen MR) is 81.4 cm³/mol. The second-order valence-corrected chi connectivity index (χ2v) is 5.66. The minimum atomic E-state index is 0.594. The third-order valence-electron chi connectivity index (χ3n) is 4.37. The van der Waals surface area contributed by atoms with E-state index in [2.05, 4.69) is 47.6 Å². The molecule has 0 saturated heterocycles. The van der Waals surface area contributed by atoms with Crippen LogP contribution in [0.4, 0.5) is 5.82 Å². The van der Waals surface area contributed by atoms with Crippen molar-refractivity contribution in [1.29, 1.82) is 0 Å². The van der Waals surface area contributed by atoms with Gasteiger partial charge in [0.05, 0.1) is 0 Å². The molecular formula is C17H22N2. The Morgan fingerprint density at radius 2 is 2.11 bits per heavy atom. The highest BCUT2D eigenvalue weighted by Crippen LogP contribution is 2.30. The first-order valence-corrected chi connectivity index (χ1v) is 7.47. The Labute approximate surface area is 115 Å². The largest absolute Gasteiger partial charge is 0.367 e. The Kier molecular flexibility index (Phi) is 3.67. The summed E-state index contributed by atoms with van der Waals surface area (Å²) >= 11 is 0. The summed E-state index contributed by atoms with van der Waals surface area (Å²) in [6.45, 7) is 2.31. The quantitative estimate of drug-likeness (QED) is 0.864. The van der Waals surface area contributed by atoms with Crippen molar-refractivity contribution in [3.8, 4) is 0 Å². The zero-order valence-electron chi connectivity index (χ0n) is 11.6. The predicted octanol–water partition coefficient (Wildman–Crippen LogP) is 4.62. The molecule has 2 nitrogen and oxygen atoms in total. The van der Waals surface area contributed by atoms with E-state index in [1.807, 2.05) is 6.20 Å². The maximum absolute atomic E-state index is 4.54. The standard InChI is InChI=1S/C17H22N2/c1-2-13-6-5-8-15(12-13)19-17-16-9-4-3-7-14(16)10-11-18-17/h3-4,7,9-11,13,15H,2,5-6,8,12H2,1H3,(H,18,19). The summed E-state index contributed by atoms with van der Waals surface area (Å²) in [6.07, 6.45) is 8.54. The fourth-order valence-electron chi connectivity index (χ4n) is 3.22. The first-order chi connectivity index (χ1) is 9.36. The van der Waals surface area contributed by atoms with E-state index in [0.717, 1.165) is 11.7 Å². The fourth-order valence-corrected chi connectivity index (χ4v) is 3.22. The van der Waals surface area contributed by atoms with Gasteiger partial charge in [0.25, 0.3) is 0 Å². The van der Waals surface area contributed by atoms with Gasteiger partial charge in [-0.3, -0.25) is 0 Å². The van der Waals surface area contributed by atoms with Crippen molar-refractivity contribution in [3.05, 3.63) is 36.5 Å². The third-order valence-corrected chi connectivity index (χ3v) is 4.37. The minimum Gasteiger partial charge on any atom is -0.367 e. The van der Waals surface area contributed by atoms with Gasteiger partial charge in [0.15, 0.2) is 0 Å². The molecule has 0 spiro atoms. The van der Waals surface area contributed by atoms with Crippen LogP contribution in [-0.2, 0) is 0 Å². The zero-order chi connectivity index (χ0) is 13.1. The van der Waals surface area contributed by atoms with Gasteiger partial charge in [-0.2, -0.15) is 0 Å². The summed E-state index contributed by atoms with van der Waals surface area (Å²) in [5.74, 6) is 1.95. The van der Waals surface area contributed by atoms with Gasteiger partial charge in [-0.25, -0.2) is 4.98 Å². The molecule has 100 valence electrons. The average molecular weight is 254 g/mol. The van der Waals surface area contributed by atoms with Crippen LogP contribution in [0.2, 0.25) is 0 Å². The van der Waals surface area contributed by atoms with Crippen molar-refractivity contribution in [2.75, 3.05) is 5.32 Å². The Bertz CT molecular complexity index is 544. The molecule has 0 aliphatic heterocycles. The van der Waals surface area contributed by atoms with Crippen molar-refractivity contribution in [1.82, 2.24) is 4.98 Å². The summed E-state index contributed by atoms with van der Waals surface area (Å²) in [4.78, 5) is 4.54. The SMILES string of the molecule is CCC1CCCC(Nc2nccc3ccccc23)C1. The summed E-state index contributed by atoms with van der Waals surface area (Å²) in [6, 6.07) is 11.2. The highest BCUT2D eigenvalue weighted by Gasteiger charge is 2.21. The third kappa shape index (κ3) is 2.73. The molecule has 1 aromatic heterocycles. The van der Waals surface area contributed by atoms with Crippen molar-refractivity contribution >= 4 is 16.6 Å². The van der Waals surface area contributed by atoms with Crippen LogP contribution in [0.15, 0.2) is 36.5 Å². The van der Waals surface area contributed by atoms with Gasteiger partial charge in [0.2, 0.25) is 0 Å². The van der Waals surface area contributed by atoms with Crippen LogP contribution in [-0.4, -0.2) is 11.0 Å². The van der Waals surface area contributed by atoms with Crippen LogP contribution >= 0.6 is 0 Å². The maximum atomic E-state index is 4.54. The Morgan fingerprint density at radius 3 is 3.00 bits per heavy atom. The molecule has 1 aliphatic rings. The smallest absolute Gasteiger partial charge is 0.134 e. The van der Waals surface area contributed by atoms with E-state index in [1.165, 1.54) is 42.9 Å². The lowest BCUT2D eigenvalue weighted by atomic mass is 9.84. The van der Waals surface area contributed by atoms with E-state index >= 15 is 0 Å². The lowest BCUT2D eigenvalue weighted by Gasteiger charge is -2.29. The number of pyridine rings is 1. The lowest BCUT2D eigenvalue weighted by Crippen LogP contribution is -2.27. The first kappa shape index (κ1) is 12.5. The topological polar surface area (TPSA) is 24.9 Å². The average Bonchev–Trinajstić information content (AvgIpc) is 2.48. The van der Waals surface area contributed by atoms with E-state index in [0.29, 0.717) is 6.04 Å². The van der Waals surface area contributed by atoms with E-state index in [9.17, 15) is 0 Å². The number of aromatic nitrogens is 1. The van der Waals surface area contributed by atoms with Gasteiger partial charge < -0.3 is 5.32 Å². The molecule has 19 heavy (non-hydrogen) atoms. The second kappa shape index (κ2) is 5.60. The molecule has 1 saturated carbocycles. The summed E-state index contributed by atoms with van der Waals surface area (Å²) in [5, 5.41) is 6.18.